The summed E-state index contributed by atoms with van der Waals surface area (Å²) in [5, 5.41) is 11.5. The molecule has 3 rings (SSSR count). The van der Waals surface area contributed by atoms with Gasteiger partial charge in [-0.25, -0.2) is 4.98 Å². The zero-order valence-electron chi connectivity index (χ0n) is 13.3. The number of carboxylic acid groups (broad SMARTS) is 1. The summed E-state index contributed by atoms with van der Waals surface area (Å²) in [6.45, 7) is 2.61. The van der Waals surface area contributed by atoms with Crippen LogP contribution >= 0.6 is 0 Å². The molecular formula is C17H23N3O2. The summed E-state index contributed by atoms with van der Waals surface area (Å²) in [6.07, 6.45) is 8.22. The third-order valence-electron chi connectivity index (χ3n) is 4.89. The van der Waals surface area contributed by atoms with Gasteiger partial charge in [0.15, 0.2) is 0 Å². The van der Waals surface area contributed by atoms with Crippen molar-refractivity contribution in [2.24, 2.45) is 0 Å². The molecule has 1 saturated carbocycles. The first-order valence-corrected chi connectivity index (χ1v) is 8.08. The van der Waals surface area contributed by atoms with E-state index in [-0.39, 0.29) is 5.69 Å². The second kappa shape index (κ2) is 6.08. The van der Waals surface area contributed by atoms with Gasteiger partial charge in [0.2, 0.25) is 0 Å². The second-order valence-corrected chi connectivity index (χ2v) is 6.44. The van der Waals surface area contributed by atoms with Crippen molar-refractivity contribution in [3.05, 3.63) is 35.3 Å². The van der Waals surface area contributed by atoms with Gasteiger partial charge in [0.05, 0.1) is 19.1 Å². The second-order valence-electron chi connectivity index (χ2n) is 6.44. The van der Waals surface area contributed by atoms with Crippen molar-refractivity contribution >= 4 is 11.6 Å². The molecule has 0 spiro atoms. The molecule has 118 valence electrons. The van der Waals surface area contributed by atoms with E-state index in [0.717, 1.165) is 11.3 Å². The maximum absolute atomic E-state index is 11.5. The number of carboxylic acids is 1. The third-order valence-corrected chi connectivity index (χ3v) is 4.89. The number of nitrogens with one attached hydrogen (secondary N) is 1. The van der Waals surface area contributed by atoms with E-state index >= 15 is 0 Å². The van der Waals surface area contributed by atoms with Crippen LogP contribution in [0.15, 0.2) is 18.3 Å². The molecule has 1 N–H and O–H groups in total. The Morgan fingerprint density at radius 3 is 2.82 bits per heavy atom. The van der Waals surface area contributed by atoms with Crippen molar-refractivity contribution in [2.75, 3.05) is 7.05 Å². The molecule has 1 aliphatic carbocycles. The minimum Gasteiger partial charge on any atom is -0.543 e. The SMILES string of the molecule is Cc1cccn2c(C[NH+](C)C3CCCCC3)c(C(=O)[O-])nc12. The number of aromatic nitrogens is 2. The lowest BCUT2D eigenvalue weighted by atomic mass is 9.94. The van der Waals surface area contributed by atoms with Crippen LogP contribution in [0.1, 0.15) is 53.8 Å². The molecule has 2 heterocycles. The van der Waals surface area contributed by atoms with E-state index in [1.165, 1.54) is 37.0 Å². The summed E-state index contributed by atoms with van der Waals surface area (Å²) in [5.41, 5.74) is 2.53. The Labute approximate surface area is 130 Å². The lowest BCUT2D eigenvalue weighted by Gasteiger charge is -2.28. The summed E-state index contributed by atoms with van der Waals surface area (Å²) < 4.78 is 1.91. The largest absolute Gasteiger partial charge is 0.543 e. The topological polar surface area (TPSA) is 61.9 Å². The van der Waals surface area contributed by atoms with E-state index in [9.17, 15) is 9.90 Å². The molecule has 1 unspecified atom stereocenters. The van der Waals surface area contributed by atoms with E-state index in [1.54, 1.807) is 0 Å². The van der Waals surface area contributed by atoms with Crippen LogP contribution in [0.3, 0.4) is 0 Å². The maximum Gasteiger partial charge on any atom is 0.140 e. The first kappa shape index (κ1) is 15.0. The van der Waals surface area contributed by atoms with Crippen molar-refractivity contribution in [3.8, 4) is 0 Å². The predicted molar refractivity (Wildman–Crippen MR) is 81.7 cm³/mol. The molecule has 22 heavy (non-hydrogen) atoms. The van der Waals surface area contributed by atoms with E-state index in [1.807, 2.05) is 29.7 Å². The molecule has 0 radical (unpaired) electrons. The third kappa shape index (κ3) is 2.73. The fourth-order valence-corrected chi connectivity index (χ4v) is 3.59. The van der Waals surface area contributed by atoms with Gasteiger partial charge in [-0.05, 0) is 44.2 Å². The summed E-state index contributed by atoms with van der Waals surface area (Å²) in [7, 11) is 2.16. The predicted octanol–water partition coefficient (Wildman–Crippen LogP) is 0.354. The highest BCUT2D eigenvalue weighted by Gasteiger charge is 2.24. The Morgan fingerprint density at radius 2 is 2.14 bits per heavy atom. The quantitative estimate of drug-likeness (QED) is 0.886. The van der Waals surface area contributed by atoms with Crippen molar-refractivity contribution in [3.63, 3.8) is 0 Å². The van der Waals surface area contributed by atoms with Crippen LogP contribution in [0, 0.1) is 6.92 Å². The molecular weight excluding hydrogens is 278 g/mol. The minimum absolute atomic E-state index is 0.0875. The number of hydrogen-bond acceptors (Lipinski definition) is 3. The minimum atomic E-state index is -1.19. The van der Waals surface area contributed by atoms with Crippen LogP contribution in [0.4, 0.5) is 0 Å². The number of hydrogen-bond donors (Lipinski definition) is 1. The molecule has 2 aromatic heterocycles. The highest BCUT2D eigenvalue weighted by Crippen LogP contribution is 2.17. The van der Waals surface area contributed by atoms with Gasteiger partial charge in [-0.15, -0.1) is 0 Å². The average molecular weight is 301 g/mol. The lowest BCUT2D eigenvalue weighted by Crippen LogP contribution is -3.11. The number of fused-ring (bicyclic) bond motifs is 1. The fraction of sp³-hybridized carbons (Fsp3) is 0.529. The van der Waals surface area contributed by atoms with Gasteiger partial charge in [-0.1, -0.05) is 12.5 Å². The van der Waals surface area contributed by atoms with Crippen LogP contribution in [-0.2, 0) is 6.54 Å². The highest BCUT2D eigenvalue weighted by molar-refractivity contribution is 5.86. The summed E-state index contributed by atoms with van der Waals surface area (Å²) in [4.78, 5) is 17.1. The summed E-state index contributed by atoms with van der Waals surface area (Å²) in [6, 6.07) is 4.49. The first-order valence-electron chi connectivity index (χ1n) is 8.08. The fourth-order valence-electron chi connectivity index (χ4n) is 3.59. The summed E-state index contributed by atoms with van der Waals surface area (Å²) in [5.74, 6) is -1.19. The molecule has 0 saturated heterocycles. The Balaban J connectivity index is 1.96. The Bertz CT molecular complexity index is 687. The van der Waals surface area contributed by atoms with Gasteiger partial charge >= 0.3 is 0 Å². The standard InChI is InChI=1S/C17H23N3O2/c1-12-7-6-10-20-14(15(17(21)22)18-16(12)20)11-19(2)13-8-4-3-5-9-13/h6-7,10,13H,3-5,8-9,11H2,1-2H3,(H,21,22). The van der Waals surface area contributed by atoms with Gasteiger partial charge in [0.1, 0.15) is 23.6 Å². The molecule has 5 heteroatoms. The number of nitrogens with zero attached hydrogens (tertiary/aromatic N) is 2. The van der Waals surface area contributed by atoms with E-state index in [0.29, 0.717) is 18.2 Å². The average Bonchev–Trinajstić information content (AvgIpc) is 2.89. The van der Waals surface area contributed by atoms with Gasteiger partial charge in [-0.3, -0.25) is 4.40 Å². The summed E-state index contributed by atoms with van der Waals surface area (Å²) >= 11 is 0. The Morgan fingerprint density at radius 1 is 1.41 bits per heavy atom. The molecule has 1 atom stereocenters. The van der Waals surface area contributed by atoms with E-state index < -0.39 is 5.97 Å². The number of aromatic carboxylic acids is 1. The number of quaternary nitrogens is 1. The van der Waals surface area contributed by atoms with Crippen LogP contribution in [0.5, 0.6) is 0 Å². The highest BCUT2D eigenvalue weighted by atomic mass is 16.4. The van der Waals surface area contributed by atoms with E-state index in [2.05, 4.69) is 12.0 Å². The van der Waals surface area contributed by atoms with Gasteiger partial charge in [-0.2, -0.15) is 0 Å². The number of aryl methyl sites for hydroxylation is 1. The first-order chi connectivity index (χ1) is 10.6. The Hall–Kier alpha value is -1.88. The Kier molecular flexibility index (Phi) is 4.16. The van der Waals surface area contributed by atoms with Crippen LogP contribution in [0.2, 0.25) is 0 Å². The molecule has 0 aliphatic heterocycles. The van der Waals surface area contributed by atoms with Crippen LogP contribution in [-0.4, -0.2) is 28.4 Å². The van der Waals surface area contributed by atoms with Crippen LogP contribution < -0.4 is 10.0 Å². The number of carbonyl (C=O) groups excluding carboxylic acids is 1. The van der Waals surface area contributed by atoms with Crippen molar-refractivity contribution in [1.29, 1.82) is 0 Å². The molecule has 0 amide bonds. The lowest BCUT2D eigenvalue weighted by molar-refractivity contribution is -0.921. The van der Waals surface area contributed by atoms with Gasteiger partial charge in [0, 0.05) is 6.20 Å². The molecule has 0 bridgehead atoms. The molecule has 0 aromatic carbocycles. The van der Waals surface area contributed by atoms with Crippen LogP contribution in [0.25, 0.3) is 5.65 Å². The van der Waals surface area contributed by atoms with Gasteiger partial charge < -0.3 is 14.8 Å². The van der Waals surface area contributed by atoms with Crippen molar-refractivity contribution < 1.29 is 14.8 Å². The zero-order valence-corrected chi connectivity index (χ0v) is 13.3. The molecule has 5 nitrogen and oxygen atoms in total. The van der Waals surface area contributed by atoms with Crippen molar-refractivity contribution in [1.82, 2.24) is 9.38 Å². The number of imidazole rings is 1. The number of pyridine rings is 1. The number of rotatable bonds is 4. The zero-order chi connectivity index (χ0) is 15.7. The van der Waals surface area contributed by atoms with Gasteiger partial charge in [0.25, 0.3) is 0 Å². The number of carbonyl (C=O) groups is 1. The van der Waals surface area contributed by atoms with E-state index in [4.69, 9.17) is 0 Å². The maximum atomic E-state index is 11.5. The smallest absolute Gasteiger partial charge is 0.140 e. The monoisotopic (exact) mass is 301 g/mol. The van der Waals surface area contributed by atoms with Crippen molar-refractivity contribution in [2.45, 2.75) is 51.6 Å². The molecule has 1 fully saturated rings. The molecule has 2 aromatic rings. The molecule has 1 aliphatic rings. The normalized spacial score (nSPS) is 17.7.